The van der Waals surface area contributed by atoms with Crippen molar-refractivity contribution in [3.63, 3.8) is 0 Å². The molecule has 1 amide bonds. The van der Waals surface area contributed by atoms with Crippen LogP contribution in [-0.4, -0.2) is 12.5 Å². The van der Waals surface area contributed by atoms with Crippen LogP contribution < -0.4 is 10.1 Å². The van der Waals surface area contributed by atoms with E-state index in [0.29, 0.717) is 5.75 Å². The quantitative estimate of drug-likeness (QED) is 0.915. The maximum Gasteiger partial charge on any atom is 0.262 e. The zero-order valence-electron chi connectivity index (χ0n) is 11.4. The molecule has 0 aliphatic carbocycles. The van der Waals surface area contributed by atoms with Gasteiger partial charge < -0.3 is 10.1 Å². The Morgan fingerprint density at radius 1 is 1.10 bits per heavy atom. The van der Waals surface area contributed by atoms with E-state index in [0.717, 1.165) is 15.7 Å². The summed E-state index contributed by atoms with van der Waals surface area (Å²) in [6.07, 6.45) is 0. The van der Waals surface area contributed by atoms with Crippen LogP contribution in [0.3, 0.4) is 0 Å². The highest BCUT2D eigenvalue weighted by Crippen LogP contribution is 2.17. The molecule has 2 rings (SSSR count). The second-order valence-corrected chi connectivity index (χ2v) is 5.51. The molecule has 3 nitrogen and oxygen atoms in total. The smallest absolute Gasteiger partial charge is 0.262 e. The number of amides is 1. The Morgan fingerprint density at radius 2 is 1.80 bits per heavy atom. The molecule has 0 aliphatic rings. The van der Waals surface area contributed by atoms with Crippen LogP contribution in [0.2, 0.25) is 0 Å². The van der Waals surface area contributed by atoms with E-state index in [1.165, 1.54) is 5.56 Å². The van der Waals surface area contributed by atoms with Gasteiger partial charge in [-0.15, -0.1) is 0 Å². The lowest BCUT2D eigenvalue weighted by atomic mass is 10.1. The summed E-state index contributed by atoms with van der Waals surface area (Å²) in [5.74, 6) is 0.532. The summed E-state index contributed by atoms with van der Waals surface area (Å²) in [7, 11) is 0. The van der Waals surface area contributed by atoms with Gasteiger partial charge in [0.25, 0.3) is 5.91 Å². The summed E-state index contributed by atoms with van der Waals surface area (Å²) in [6, 6.07) is 13.2. The summed E-state index contributed by atoms with van der Waals surface area (Å²) >= 11 is 3.35. The first kappa shape index (κ1) is 14.6. The predicted octanol–water partition coefficient (Wildman–Crippen LogP) is 4.08. The molecule has 2 aromatic rings. The number of nitrogens with one attached hydrogen (secondary N) is 1. The molecule has 0 aliphatic heterocycles. The number of anilines is 1. The Bertz CT molecular complexity index is 608. The van der Waals surface area contributed by atoms with Crippen LogP contribution in [0, 0.1) is 13.8 Å². The first-order valence-corrected chi connectivity index (χ1v) is 7.09. The van der Waals surface area contributed by atoms with E-state index >= 15 is 0 Å². The number of aryl methyl sites for hydroxylation is 2. The summed E-state index contributed by atoms with van der Waals surface area (Å²) in [4.78, 5) is 11.8. The van der Waals surface area contributed by atoms with Crippen LogP contribution in [0.4, 0.5) is 5.69 Å². The van der Waals surface area contributed by atoms with Gasteiger partial charge in [-0.25, -0.2) is 0 Å². The molecule has 0 atom stereocenters. The first-order chi connectivity index (χ1) is 9.54. The molecule has 0 spiro atoms. The van der Waals surface area contributed by atoms with E-state index in [9.17, 15) is 4.79 Å². The van der Waals surface area contributed by atoms with Crippen LogP contribution in [0.1, 0.15) is 11.1 Å². The number of carbonyl (C=O) groups excluding carboxylic acids is 1. The summed E-state index contributed by atoms with van der Waals surface area (Å²) < 4.78 is 6.45. The number of rotatable bonds is 4. The molecule has 0 bridgehead atoms. The predicted molar refractivity (Wildman–Crippen MR) is 84.2 cm³/mol. The number of hydrogen-bond acceptors (Lipinski definition) is 2. The van der Waals surface area contributed by atoms with Gasteiger partial charge in [0.05, 0.1) is 0 Å². The van der Waals surface area contributed by atoms with E-state index in [2.05, 4.69) is 21.2 Å². The maximum absolute atomic E-state index is 11.8. The molecule has 1 N–H and O–H groups in total. The highest BCUT2D eigenvalue weighted by Gasteiger charge is 2.04. The van der Waals surface area contributed by atoms with E-state index in [1.807, 2.05) is 56.3 Å². The zero-order chi connectivity index (χ0) is 14.5. The Labute approximate surface area is 127 Å². The van der Waals surface area contributed by atoms with Crippen molar-refractivity contribution in [2.75, 3.05) is 11.9 Å². The maximum atomic E-state index is 11.8. The normalized spacial score (nSPS) is 10.2. The van der Waals surface area contributed by atoms with E-state index in [-0.39, 0.29) is 12.5 Å². The molecule has 20 heavy (non-hydrogen) atoms. The van der Waals surface area contributed by atoms with E-state index < -0.39 is 0 Å². The van der Waals surface area contributed by atoms with E-state index in [4.69, 9.17) is 4.74 Å². The van der Waals surface area contributed by atoms with Gasteiger partial charge >= 0.3 is 0 Å². The summed E-state index contributed by atoms with van der Waals surface area (Å²) in [6.45, 7) is 4.06. The van der Waals surface area contributed by atoms with Crippen molar-refractivity contribution >= 4 is 27.5 Å². The van der Waals surface area contributed by atoms with Crippen molar-refractivity contribution < 1.29 is 9.53 Å². The molecule has 0 fully saturated rings. The number of hydrogen-bond donors (Lipinski definition) is 1. The van der Waals surface area contributed by atoms with Crippen molar-refractivity contribution in [3.05, 3.63) is 58.1 Å². The van der Waals surface area contributed by atoms with Gasteiger partial charge in [-0.2, -0.15) is 0 Å². The van der Waals surface area contributed by atoms with E-state index in [1.54, 1.807) is 0 Å². The first-order valence-electron chi connectivity index (χ1n) is 6.30. The second kappa shape index (κ2) is 6.57. The highest BCUT2D eigenvalue weighted by atomic mass is 79.9. The minimum atomic E-state index is -0.175. The van der Waals surface area contributed by atoms with Crippen LogP contribution >= 0.6 is 15.9 Å². The standard InChI is InChI=1S/C16H16BrNO2/c1-11-3-8-15(9-12(11)2)20-10-16(19)18-14-6-4-13(17)5-7-14/h3-9H,10H2,1-2H3,(H,18,19). The van der Waals surface area contributed by atoms with Gasteiger partial charge in [0, 0.05) is 10.2 Å². The van der Waals surface area contributed by atoms with Gasteiger partial charge in [0.2, 0.25) is 0 Å². The fourth-order valence-electron chi connectivity index (χ4n) is 1.68. The van der Waals surface area contributed by atoms with Crippen molar-refractivity contribution in [2.24, 2.45) is 0 Å². The number of carbonyl (C=O) groups is 1. The third-order valence-corrected chi connectivity index (χ3v) is 3.50. The molecule has 0 saturated heterocycles. The molecule has 0 radical (unpaired) electrons. The second-order valence-electron chi connectivity index (χ2n) is 4.59. The van der Waals surface area contributed by atoms with Crippen LogP contribution in [0.15, 0.2) is 46.9 Å². The molecule has 4 heteroatoms. The van der Waals surface area contributed by atoms with Crippen LogP contribution in [0.25, 0.3) is 0 Å². The monoisotopic (exact) mass is 333 g/mol. The molecular weight excluding hydrogens is 318 g/mol. The minimum absolute atomic E-state index is 0.00142. The number of benzene rings is 2. The molecule has 0 saturated carbocycles. The Hall–Kier alpha value is -1.81. The largest absolute Gasteiger partial charge is 0.484 e. The Kier molecular flexibility index (Phi) is 4.79. The summed E-state index contributed by atoms with van der Waals surface area (Å²) in [5.41, 5.74) is 3.11. The zero-order valence-corrected chi connectivity index (χ0v) is 13.0. The number of halogens is 1. The van der Waals surface area contributed by atoms with Gasteiger partial charge in [0.1, 0.15) is 5.75 Å². The fraction of sp³-hybridized carbons (Fsp3) is 0.188. The topological polar surface area (TPSA) is 38.3 Å². The third-order valence-electron chi connectivity index (χ3n) is 2.98. The molecule has 104 valence electrons. The molecular formula is C16H16BrNO2. The lowest BCUT2D eigenvalue weighted by Gasteiger charge is -2.09. The van der Waals surface area contributed by atoms with Gasteiger partial charge in [-0.05, 0) is 61.4 Å². The van der Waals surface area contributed by atoms with Crippen LogP contribution in [0.5, 0.6) is 5.75 Å². The van der Waals surface area contributed by atoms with Gasteiger partial charge in [-0.1, -0.05) is 22.0 Å². The number of ether oxygens (including phenoxy) is 1. The van der Waals surface area contributed by atoms with Gasteiger partial charge in [-0.3, -0.25) is 4.79 Å². The van der Waals surface area contributed by atoms with Gasteiger partial charge in [0.15, 0.2) is 6.61 Å². The Morgan fingerprint density at radius 3 is 2.45 bits per heavy atom. The lowest BCUT2D eigenvalue weighted by Crippen LogP contribution is -2.20. The third kappa shape index (κ3) is 4.10. The van der Waals surface area contributed by atoms with Crippen molar-refractivity contribution in [1.82, 2.24) is 0 Å². The highest BCUT2D eigenvalue weighted by molar-refractivity contribution is 9.10. The molecule has 2 aromatic carbocycles. The summed E-state index contributed by atoms with van der Waals surface area (Å²) in [5, 5.41) is 2.78. The lowest BCUT2D eigenvalue weighted by molar-refractivity contribution is -0.118. The average Bonchev–Trinajstić information content (AvgIpc) is 2.43. The SMILES string of the molecule is Cc1ccc(OCC(=O)Nc2ccc(Br)cc2)cc1C. The van der Waals surface area contributed by atoms with Crippen LogP contribution in [-0.2, 0) is 4.79 Å². The fourth-order valence-corrected chi connectivity index (χ4v) is 1.95. The average molecular weight is 334 g/mol. The van der Waals surface area contributed by atoms with Crippen molar-refractivity contribution in [1.29, 1.82) is 0 Å². The Balaban J connectivity index is 1.88. The minimum Gasteiger partial charge on any atom is -0.484 e. The molecule has 0 aromatic heterocycles. The molecule has 0 unspecified atom stereocenters. The van der Waals surface area contributed by atoms with Crippen molar-refractivity contribution in [2.45, 2.75) is 13.8 Å². The molecule has 0 heterocycles. The van der Waals surface area contributed by atoms with Crippen molar-refractivity contribution in [3.8, 4) is 5.75 Å².